The molecule has 1 aromatic heterocycles. The zero-order valence-electron chi connectivity index (χ0n) is 11.7. The van der Waals surface area contributed by atoms with Gasteiger partial charge in [-0.25, -0.2) is 0 Å². The summed E-state index contributed by atoms with van der Waals surface area (Å²) >= 11 is 4.70. The van der Waals surface area contributed by atoms with Gasteiger partial charge < -0.3 is 0 Å². The first kappa shape index (κ1) is 16.3. The van der Waals surface area contributed by atoms with Crippen molar-refractivity contribution in [2.24, 2.45) is 0 Å². The van der Waals surface area contributed by atoms with E-state index < -0.39 is 0 Å². The van der Waals surface area contributed by atoms with Gasteiger partial charge in [-0.1, -0.05) is 60.4 Å². The number of carbonyl (C=O) groups excluding carboxylic acids is 1. The minimum Gasteiger partial charge on any atom is -0.300 e. The summed E-state index contributed by atoms with van der Waals surface area (Å²) in [6.45, 7) is 2.13. The maximum Gasteiger partial charge on any atom is 0.236 e. The number of benzene rings is 1. The lowest BCUT2D eigenvalue weighted by Crippen LogP contribution is -2.13. The molecule has 0 radical (unpaired) electrons. The number of aromatic nitrogens is 2. The van der Waals surface area contributed by atoms with Crippen LogP contribution in [-0.4, -0.2) is 27.6 Å². The van der Waals surface area contributed by atoms with Gasteiger partial charge in [0.05, 0.1) is 5.75 Å². The van der Waals surface area contributed by atoms with E-state index in [0.717, 1.165) is 22.3 Å². The number of hydrogen-bond acceptors (Lipinski definition) is 6. The summed E-state index contributed by atoms with van der Waals surface area (Å²) in [5.41, 5.74) is 1.23. The Labute approximate surface area is 137 Å². The first-order valence-corrected chi connectivity index (χ1v) is 9.61. The van der Waals surface area contributed by atoms with Crippen LogP contribution in [0.15, 0.2) is 34.7 Å². The largest absolute Gasteiger partial charge is 0.300 e. The summed E-state index contributed by atoms with van der Waals surface area (Å²) in [7, 11) is 0. The summed E-state index contributed by atoms with van der Waals surface area (Å²) in [5, 5.41) is 11.4. The third-order valence-corrected chi connectivity index (χ3v) is 5.61. The van der Waals surface area contributed by atoms with Crippen LogP contribution in [0, 0.1) is 0 Å². The van der Waals surface area contributed by atoms with Crippen LogP contribution in [0.25, 0.3) is 0 Å². The Hall–Kier alpha value is -1.05. The molecule has 0 aliphatic carbocycles. The number of thioether (sulfide) groups is 2. The number of nitrogens with zero attached hydrogens (tertiary/aromatic N) is 2. The lowest BCUT2D eigenvalue weighted by Gasteiger charge is -2.01. The molecule has 21 heavy (non-hydrogen) atoms. The summed E-state index contributed by atoms with van der Waals surface area (Å²) in [6.07, 6.45) is 1.10. The third kappa shape index (κ3) is 6.07. The lowest BCUT2D eigenvalue weighted by atomic mass is 10.2. The Balaban J connectivity index is 1.70. The van der Waals surface area contributed by atoms with Gasteiger partial charge >= 0.3 is 0 Å². The predicted molar refractivity (Wildman–Crippen MR) is 92.2 cm³/mol. The molecule has 0 aliphatic rings. The van der Waals surface area contributed by atoms with Crippen molar-refractivity contribution in [1.82, 2.24) is 10.2 Å². The highest BCUT2D eigenvalue weighted by atomic mass is 32.2. The zero-order valence-corrected chi connectivity index (χ0v) is 14.2. The number of carbonyl (C=O) groups is 1. The van der Waals surface area contributed by atoms with E-state index in [2.05, 4.69) is 34.6 Å². The SMILES string of the molecule is CCCSc1nnc(NC(=O)CSCc2ccccc2)s1. The smallest absolute Gasteiger partial charge is 0.236 e. The molecule has 2 rings (SSSR count). The van der Waals surface area contributed by atoms with Gasteiger partial charge in [0.25, 0.3) is 0 Å². The van der Waals surface area contributed by atoms with Crippen molar-refractivity contribution in [2.75, 3.05) is 16.8 Å². The lowest BCUT2D eigenvalue weighted by molar-refractivity contribution is -0.113. The highest BCUT2D eigenvalue weighted by Gasteiger charge is 2.08. The Morgan fingerprint density at radius 1 is 1.29 bits per heavy atom. The molecule has 1 N–H and O–H groups in total. The fourth-order valence-electron chi connectivity index (χ4n) is 1.50. The second-order valence-corrected chi connectivity index (χ2v) is 7.55. The number of amides is 1. The molecule has 0 saturated heterocycles. The fraction of sp³-hybridized carbons (Fsp3) is 0.357. The van der Waals surface area contributed by atoms with Crippen molar-refractivity contribution in [1.29, 1.82) is 0 Å². The second kappa shape index (κ2) is 9.07. The zero-order chi connectivity index (χ0) is 14.9. The van der Waals surface area contributed by atoms with Crippen molar-refractivity contribution in [3.8, 4) is 0 Å². The maximum atomic E-state index is 11.8. The molecule has 0 atom stereocenters. The molecule has 0 saturated carbocycles. The van der Waals surface area contributed by atoms with Gasteiger partial charge in [0, 0.05) is 11.5 Å². The Morgan fingerprint density at radius 3 is 2.86 bits per heavy atom. The molecule has 0 spiro atoms. The monoisotopic (exact) mass is 339 g/mol. The van der Waals surface area contributed by atoms with E-state index in [-0.39, 0.29) is 5.91 Å². The van der Waals surface area contributed by atoms with Gasteiger partial charge in [-0.2, -0.15) is 0 Å². The maximum absolute atomic E-state index is 11.8. The van der Waals surface area contributed by atoms with Crippen LogP contribution in [0.2, 0.25) is 0 Å². The minimum atomic E-state index is -0.0286. The Morgan fingerprint density at radius 2 is 2.10 bits per heavy atom. The van der Waals surface area contributed by atoms with Crippen LogP contribution < -0.4 is 5.32 Å². The fourth-order valence-corrected chi connectivity index (χ4v) is 3.98. The van der Waals surface area contributed by atoms with E-state index in [9.17, 15) is 4.79 Å². The number of nitrogens with one attached hydrogen (secondary N) is 1. The van der Waals surface area contributed by atoms with Gasteiger partial charge in [-0.05, 0) is 12.0 Å². The molecular weight excluding hydrogens is 322 g/mol. The quantitative estimate of drug-likeness (QED) is 0.584. The second-order valence-electron chi connectivity index (χ2n) is 4.25. The molecule has 1 heterocycles. The molecule has 4 nitrogen and oxygen atoms in total. The van der Waals surface area contributed by atoms with Crippen LogP contribution in [0.3, 0.4) is 0 Å². The van der Waals surface area contributed by atoms with Crippen LogP contribution in [0.4, 0.5) is 5.13 Å². The minimum absolute atomic E-state index is 0.0286. The van der Waals surface area contributed by atoms with Gasteiger partial charge in [-0.15, -0.1) is 22.0 Å². The highest BCUT2D eigenvalue weighted by Crippen LogP contribution is 2.25. The molecule has 2 aromatic rings. The average molecular weight is 340 g/mol. The summed E-state index contributed by atoms with van der Waals surface area (Å²) in [4.78, 5) is 11.8. The van der Waals surface area contributed by atoms with Crippen molar-refractivity contribution in [3.63, 3.8) is 0 Å². The van der Waals surface area contributed by atoms with Crippen molar-refractivity contribution >= 4 is 45.9 Å². The molecule has 0 fully saturated rings. The number of rotatable bonds is 8. The van der Waals surface area contributed by atoms with E-state index in [1.807, 2.05) is 18.2 Å². The molecular formula is C14H17N3OS3. The van der Waals surface area contributed by atoms with Crippen LogP contribution >= 0.6 is 34.9 Å². The third-order valence-electron chi connectivity index (χ3n) is 2.43. The topological polar surface area (TPSA) is 54.9 Å². The Bertz CT molecular complexity index is 560. The van der Waals surface area contributed by atoms with Crippen molar-refractivity contribution in [2.45, 2.75) is 23.4 Å². The Kier molecular flexibility index (Phi) is 7.05. The molecule has 1 aromatic carbocycles. The normalized spacial score (nSPS) is 10.5. The van der Waals surface area contributed by atoms with Crippen LogP contribution in [0.5, 0.6) is 0 Å². The standard InChI is InChI=1S/C14H17N3OS3/c1-2-8-20-14-17-16-13(21-14)15-12(18)10-19-9-11-6-4-3-5-7-11/h3-7H,2,8-10H2,1H3,(H,15,16,18). The molecule has 1 amide bonds. The molecule has 0 aliphatic heterocycles. The van der Waals surface area contributed by atoms with E-state index >= 15 is 0 Å². The molecule has 0 bridgehead atoms. The molecule has 0 unspecified atom stereocenters. The summed E-state index contributed by atoms with van der Waals surface area (Å²) in [6, 6.07) is 10.1. The number of hydrogen-bond donors (Lipinski definition) is 1. The van der Waals surface area contributed by atoms with Gasteiger partial charge in [0.1, 0.15) is 0 Å². The first-order chi connectivity index (χ1) is 10.3. The van der Waals surface area contributed by atoms with Crippen molar-refractivity contribution in [3.05, 3.63) is 35.9 Å². The van der Waals surface area contributed by atoms with Gasteiger partial charge in [-0.3, -0.25) is 10.1 Å². The summed E-state index contributed by atoms with van der Waals surface area (Å²) in [5.74, 6) is 2.25. The van der Waals surface area contributed by atoms with Crippen LogP contribution in [-0.2, 0) is 10.5 Å². The first-order valence-electron chi connectivity index (χ1n) is 6.65. The van der Waals surface area contributed by atoms with E-state index in [4.69, 9.17) is 0 Å². The predicted octanol–water partition coefficient (Wildman–Crippen LogP) is 3.91. The van der Waals surface area contributed by atoms with E-state index in [0.29, 0.717) is 10.9 Å². The summed E-state index contributed by atoms with van der Waals surface area (Å²) < 4.78 is 0.907. The van der Waals surface area contributed by atoms with Gasteiger partial charge in [0.2, 0.25) is 11.0 Å². The highest BCUT2D eigenvalue weighted by molar-refractivity contribution is 8.01. The molecule has 7 heteroatoms. The molecule has 112 valence electrons. The van der Waals surface area contributed by atoms with E-state index in [1.165, 1.54) is 16.9 Å². The van der Waals surface area contributed by atoms with Gasteiger partial charge in [0.15, 0.2) is 4.34 Å². The van der Waals surface area contributed by atoms with Crippen LogP contribution in [0.1, 0.15) is 18.9 Å². The number of anilines is 1. The van der Waals surface area contributed by atoms with Crippen molar-refractivity contribution < 1.29 is 4.79 Å². The average Bonchev–Trinajstić information content (AvgIpc) is 2.93. The van der Waals surface area contributed by atoms with E-state index in [1.54, 1.807) is 23.5 Å².